The van der Waals surface area contributed by atoms with Crippen LogP contribution in [0.1, 0.15) is 35.1 Å². The maximum Gasteiger partial charge on any atom is 0.333 e. The van der Waals surface area contributed by atoms with Crippen LogP contribution in [0.5, 0.6) is 0 Å². The molecule has 2 aromatic heterocycles. The van der Waals surface area contributed by atoms with Gasteiger partial charge in [0.25, 0.3) is 0 Å². The minimum Gasteiger partial charge on any atom is -0.327 e. The number of aromatic nitrogens is 3. The van der Waals surface area contributed by atoms with Gasteiger partial charge in [0, 0.05) is 69.0 Å². The average Bonchev–Trinajstić information content (AvgIpc) is 3.62. The van der Waals surface area contributed by atoms with Gasteiger partial charge in [0.1, 0.15) is 11.9 Å². The number of thiazole rings is 1. The highest BCUT2D eigenvalue weighted by Crippen LogP contribution is 2.49. The van der Waals surface area contributed by atoms with Crippen LogP contribution in [0.25, 0.3) is 26.5 Å². The van der Waals surface area contributed by atoms with E-state index in [-0.39, 0.29) is 24.5 Å². The molecule has 2 atom stereocenters. The Balaban J connectivity index is 1.78. The first kappa shape index (κ1) is 24.7. The van der Waals surface area contributed by atoms with Crippen LogP contribution in [-0.4, -0.2) is 44.1 Å². The number of hydrogen-bond acceptors (Lipinski definition) is 7. The van der Waals surface area contributed by atoms with E-state index in [2.05, 4.69) is 30.1 Å². The molecule has 0 N–H and O–H groups in total. The van der Waals surface area contributed by atoms with Gasteiger partial charge in [0.15, 0.2) is 10.8 Å². The van der Waals surface area contributed by atoms with Crippen molar-refractivity contribution < 1.29 is 13.2 Å². The minimum atomic E-state index is -2.88. The lowest BCUT2D eigenvalue weighted by molar-refractivity contribution is 0.0566. The molecule has 11 nitrogen and oxygen atoms in total. The third kappa shape index (κ3) is 4.49. The zero-order valence-corrected chi connectivity index (χ0v) is 20.2. The number of rotatable bonds is 7. The highest BCUT2D eigenvalue weighted by molar-refractivity contribution is 7.11. The van der Waals surface area contributed by atoms with E-state index < -0.39 is 23.9 Å². The summed E-state index contributed by atoms with van der Waals surface area (Å²) in [5.41, 5.74) is 18.9. The van der Waals surface area contributed by atoms with E-state index in [4.69, 9.17) is 22.1 Å². The summed E-state index contributed by atoms with van der Waals surface area (Å²) in [4.78, 5) is 16.9. The standard InChI is InChI=1S/C21H15ClF3N11S/c22-14-5-12(23)1-2-13(14)17-16(11-7-30-36(8-11)20(24)25)15-6-21(32-34-27,9-29-33-26)10-35(15)18(31-17)19-28-3-4-37-19/h1-5,7-8,17,20H,6,9-10H2/t17-,21?/m0/s1. The van der Waals surface area contributed by atoms with Crippen molar-refractivity contribution in [2.75, 3.05) is 13.1 Å². The summed E-state index contributed by atoms with van der Waals surface area (Å²) >= 11 is 7.76. The van der Waals surface area contributed by atoms with Gasteiger partial charge in [0.2, 0.25) is 0 Å². The van der Waals surface area contributed by atoms with Crippen molar-refractivity contribution in [1.29, 1.82) is 0 Å². The number of halogens is 4. The molecule has 0 saturated carbocycles. The van der Waals surface area contributed by atoms with Gasteiger partial charge in [-0.15, -0.1) is 11.3 Å². The monoisotopic (exact) mass is 545 g/mol. The van der Waals surface area contributed by atoms with Crippen LogP contribution in [0.3, 0.4) is 0 Å². The fourth-order valence-electron chi connectivity index (χ4n) is 4.53. The van der Waals surface area contributed by atoms with Crippen molar-refractivity contribution in [3.8, 4) is 0 Å². The van der Waals surface area contributed by atoms with Crippen LogP contribution in [0.15, 0.2) is 63.1 Å². The van der Waals surface area contributed by atoms with E-state index in [0.717, 1.165) is 6.07 Å². The molecule has 37 heavy (non-hydrogen) atoms. The fourth-order valence-corrected chi connectivity index (χ4v) is 5.45. The predicted octanol–water partition coefficient (Wildman–Crippen LogP) is 6.51. The number of amidine groups is 1. The van der Waals surface area contributed by atoms with Gasteiger partial charge in [0.05, 0.1) is 11.7 Å². The predicted molar refractivity (Wildman–Crippen MR) is 130 cm³/mol. The molecule has 0 amide bonds. The Hall–Kier alpha value is -4.03. The van der Waals surface area contributed by atoms with Gasteiger partial charge in [-0.25, -0.2) is 14.1 Å². The summed E-state index contributed by atoms with van der Waals surface area (Å²) in [7, 11) is 0. The minimum absolute atomic E-state index is 0.0911. The molecule has 16 heteroatoms. The first-order chi connectivity index (χ1) is 17.9. The molecule has 3 aromatic rings. The largest absolute Gasteiger partial charge is 0.333 e. The van der Waals surface area contributed by atoms with Gasteiger partial charge in [-0.3, -0.25) is 4.99 Å². The fraction of sp³-hybridized carbons (Fsp3) is 0.286. The molecule has 1 fully saturated rings. The highest BCUT2D eigenvalue weighted by Gasteiger charge is 2.47. The van der Waals surface area contributed by atoms with Gasteiger partial charge in [-0.05, 0) is 28.8 Å². The van der Waals surface area contributed by atoms with Crippen molar-refractivity contribution in [2.45, 2.75) is 24.6 Å². The van der Waals surface area contributed by atoms with Crippen LogP contribution in [0.4, 0.5) is 13.2 Å². The quantitative estimate of drug-likeness (QED) is 0.189. The Morgan fingerprint density at radius 1 is 1.30 bits per heavy atom. The van der Waals surface area contributed by atoms with Gasteiger partial charge < -0.3 is 4.90 Å². The van der Waals surface area contributed by atoms with E-state index in [9.17, 15) is 18.7 Å². The number of aliphatic imine (C=N–C) groups is 1. The topological polar surface area (TPSA) is 144 Å². The molecule has 1 unspecified atom stereocenters. The van der Waals surface area contributed by atoms with Gasteiger partial charge in [-0.1, -0.05) is 27.9 Å². The second-order valence-corrected chi connectivity index (χ2v) is 9.57. The first-order valence-electron chi connectivity index (χ1n) is 10.7. The number of azide groups is 2. The Morgan fingerprint density at radius 2 is 2.14 bits per heavy atom. The van der Waals surface area contributed by atoms with E-state index >= 15 is 0 Å². The molecule has 0 aliphatic carbocycles. The molecule has 2 aliphatic rings. The van der Waals surface area contributed by atoms with Crippen molar-refractivity contribution >= 4 is 34.3 Å². The van der Waals surface area contributed by atoms with Crippen LogP contribution in [0, 0.1) is 5.82 Å². The molecule has 4 heterocycles. The second kappa shape index (κ2) is 9.79. The molecule has 0 radical (unpaired) electrons. The third-order valence-corrected chi connectivity index (χ3v) is 7.14. The lowest BCUT2D eigenvalue weighted by Gasteiger charge is -2.32. The molecule has 2 aliphatic heterocycles. The zero-order valence-electron chi connectivity index (χ0n) is 18.7. The molecule has 0 bridgehead atoms. The van der Waals surface area contributed by atoms with Gasteiger partial charge in [-0.2, -0.15) is 13.9 Å². The van der Waals surface area contributed by atoms with E-state index in [0.29, 0.717) is 37.9 Å². The normalized spacial score (nSPS) is 20.9. The van der Waals surface area contributed by atoms with Crippen LogP contribution < -0.4 is 0 Å². The number of benzene rings is 1. The molecular formula is C21H15ClF3N11S. The van der Waals surface area contributed by atoms with Gasteiger partial charge >= 0.3 is 6.55 Å². The number of hydrogen-bond donors (Lipinski definition) is 0. The molecule has 1 saturated heterocycles. The third-order valence-electron chi connectivity index (χ3n) is 6.04. The van der Waals surface area contributed by atoms with Crippen LogP contribution in [0.2, 0.25) is 5.02 Å². The summed E-state index contributed by atoms with van der Waals surface area (Å²) in [6.07, 6.45) is 4.16. The summed E-state index contributed by atoms with van der Waals surface area (Å²) in [6, 6.07) is 3.01. The Kier molecular flexibility index (Phi) is 6.52. The smallest absolute Gasteiger partial charge is 0.327 e. The SMILES string of the molecule is [N-]=[N+]=NCC1(N=[N+]=[N-])CC2=C(c3cnn(C(F)F)c3)[C@H](c3ccc(F)cc3Cl)N=C(c3nccs3)N2C1. The Bertz CT molecular complexity index is 1510. The first-order valence-corrected chi connectivity index (χ1v) is 11.9. The van der Waals surface area contributed by atoms with E-state index in [1.807, 2.05) is 0 Å². The number of alkyl halides is 2. The molecule has 0 spiro atoms. The molecule has 5 rings (SSSR count). The van der Waals surface area contributed by atoms with Crippen molar-refractivity contribution in [3.05, 3.63) is 95.7 Å². The summed E-state index contributed by atoms with van der Waals surface area (Å²) in [6.45, 7) is -2.93. The zero-order chi connectivity index (χ0) is 26.2. The Morgan fingerprint density at radius 3 is 2.78 bits per heavy atom. The lowest BCUT2D eigenvalue weighted by Crippen LogP contribution is -2.38. The van der Waals surface area contributed by atoms with E-state index in [1.54, 1.807) is 16.5 Å². The highest BCUT2D eigenvalue weighted by atomic mass is 35.5. The van der Waals surface area contributed by atoms with Crippen molar-refractivity contribution in [3.63, 3.8) is 0 Å². The van der Waals surface area contributed by atoms with Crippen molar-refractivity contribution in [1.82, 2.24) is 19.7 Å². The number of fused-ring (bicyclic) bond motifs is 1. The van der Waals surface area contributed by atoms with Crippen molar-refractivity contribution in [2.24, 2.45) is 15.2 Å². The van der Waals surface area contributed by atoms with Crippen LogP contribution in [-0.2, 0) is 0 Å². The average molecular weight is 546 g/mol. The second-order valence-electron chi connectivity index (χ2n) is 8.27. The lowest BCUT2D eigenvalue weighted by atomic mass is 9.89. The summed E-state index contributed by atoms with van der Waals surface area (Å²) in [5, 5.41) is 13.8. The maximum absolute atomic E-state index is 13.9. The van der Waals surface area contributed by atoms with Crippen LogP contribution >= 0.6 is 22.9 Å². The molecule has 188 valence electrons. The molecular weight excluding hydrogens is 531 g/mol. The van der Waals surface area contributed by atoms with E-state index in [1.165, 1.54) is 35.9 Å². The Labute approximate surface area is 215 Å². The summed E-state index contributed by atoms with van der Waals surface area (Å²) < 4.78 is 41.3. The number of nitrogens with zero attached hydrogens (tertiary/aromatic N) is 11. The maximum atomic E-state index is 13.9. The summed E-state index contributed by atoms with van der Waals surface area (Å²) in [5.74, 6) is -0.121. The molecule has 1 aromatic carbocycles.